The van der Waals surface area contributed by atoms with E-state index in [1.54, 1.807) is 0 Å². The van der Waals surface area contributed by atoms with E-state index in [4.69, 9.17) is 28.8 Å². The highest BCUT2D eigenvalue weighted by Crippen LogP contribution is 2.39. The highest BCUT2D eigenvalue weighted by molar-refractivity contribution is 6.17. The fraction of sp³-hybridized carbons (Fsp3) is 0. The Kier molecular flexibility index (Phi) is 5.40. The van der Waals surface area contributed by atoms with E-state index in [9.17, 15) is 0 Å². The molecule has 3 heterocycles. The third-order valence-corrected chi connectivity index (χ3v) is 7.96. The Balaban J connectivity index is 1.26. The largest absolute Gasteiger partial charge is 0.454 e. The molecule has 0 bridgehead atoms. The van der Waals surface area contributed by atoms with E-state index in [1.807, 2.05) is 109 Å². The molecule has 0 aliphatic heterocycles. The maximum absolute atomic E-state index is 6.46. The van der Waals surface area contributed by atoms with Crippen molar-refractivity contribution < 1.29 is 8.83 Å². The summed E-state index contributed by atoms with van der Waals surface area (Å²) in [6, 6.07) is 44.4. The number of oxazole rings is 1. The van der Waals surface area contributed by atoms with Gasteiger partial charge in [-0.15, -0.1) is 0 Å². The van der Waals surface area contributed by atoms with Crippen molar-refractivity contribution in [2.75, 3.05) is 0 Å². The van der Waals surface area contributed by atoms with Crippen LogP contribution in [0.5, 0.6) is 0 Å². The lowest BCUT2D eigenvalue weighted by Gasteiger charge is -2.10. The van der Waals surface area contributed by atoms with Gasteiger partial charge in [0.15, 0.2) is 34.2 Å². The molecule has 9 rings (SSSR count). The molecule has 0 spiro atoms. The standard InChI is InChI=1S/C38H22N4O2/c1-4-11-23(12-5-1)35-40-36(24-13-6-2-7-14-24)42-37(41-35)28-18-10-17-26-21-32-30(22-29(26)28)27-19-20-31-33(34(27)43-32)39-38(44-31)25-15-8-3-9-16-25/h1-22H. The zero-order valence-corrected chi connectivity index (χ0v) is 23.3. The molecule has 0 unspecified atom stereocenters. The average Bonchev–Trinajstić information content (AvgIpc) is 3.70. The zero-order valence-electron chi connectivity index (χ0n) is 23.3. The summed E-state index contributed by atoms with van der Waals surface area (Å²) in [6.45, 7) is 0. The van der Waals surface area contributed by atoms with Gasteiger partial charge in [-0.05, 0) is 47.2 Å². The molecule has 3 aromatic heterocycles. The van der Waals surface area contributed by atoms with Crippen LogP contribution in [-0.4, -0.2) is 19.9 Å². The van der Waals surface area contributed by atoms with Crippen LogP contribution in [0.4, 0.5) is 0 Å². The van der Waals surface area contributed by atoms with Gasteiger partial charge in [0.1, 0.15) is 5.58 Å². The normalized spacial score (nSPS) is 11.6. The number of fused-ring (bicyclic) bond motifs is 6. The molecule has 0 N–H and O–H groups in total. The Morgan fingerprint density at radius 2 is 1.05 bits per heavy atom. The lowest BCUT2D eigenvalue weighted by atomic mass is 10.0. The molecule has 0 fully saturated rings. The van der Waals surface area contributed by atoms with Crippen molar-refractivity contribution in [1.82, 2.24) is 19.9 Å². The second-order valence-corrected chi connectivity index (χ2v) is 10.7. The van der Waals surface area contributed by atoms with Gasteiger partial charge in [0.25, 0.3) is 0 Å². The van der Waals surface area contributed by atoms with Gasteiger partial charge in [-0.1, -0.05) is 97.1 Å². The number of rotatable bonds is 4. The molecule has 0 radical (unpaired) electrons. The third-order valence-electron chi connectivity index (χ3n) is 7.96. The first-order chi connectivity index (χ1) is 21.8. The van der Waals surface area contributed by atoms with Crippen molar-refractivity contribution >= 4 is 43.8 Å². The van der Waals surface area contributed by atoms with Crippen LogP contribution in [0.1, 0.15) is 0 Å². The Labute approximate surface area is 251 Å². The van der Waals surface area contributed by atoms with E-state index in [0.29, 0.717) is 40.0 Å². The lowest BCUT2D eigenvalue weighted by Crippen LogP contribution is -2.00. The Bertz CT molecular complexity index is 2430. The molecule has 6 aromatic carbocycles. The maximum Gasteiger partial charge on any atom is 0.227 e. The van der Waals surface area contributed by atoms with Gasteiger partial charge in [-0.25, -0.2) is 19.9 Å². The average molecular weight is 567 g/mol. The molecule has 6 heteroatoms. The highest BCUT2D eigenvalue weighted by atomic mass is 16.4. The summed E-state index contributed by atoms with van der Waals surface area (Å²) in [7, 11) is 0. The van der Waals surface area contributed by atoms with Crippen LogP contribution < -0.4 is 0 Å². The molecule has 0 saturated heterocycles. The van der Waals surface area contributed by atoms with Gasteiger partial charge >= 0.3 is 0 Å². The first-order valence-corrected chi connectivity index (χ1v) is 14.4. The summed E-state index contributed by atoms with van der Waals surface area (Å²) in [4.78, 5) is 19.7. The summed E-state index contributed by atoms with van der Waals surface area (Å²) < 4.78 is 12.6. The van der Waals surface area contributed by atoms with Gasteiger partial charge in [-0.2, -0.15) is 0 Å². The van der Waals surface area contributed by atoms with Crippen molar-refractivity contribution in [2.45, 2.75) is 0 Å². The van der Waals surface area contributed by atoms with Crippen molar-refractivity contribution in [3.05, 3.63) is 133 Å². The molecule has 0 amide bonds. The lowest BCUT2D eigenvalue weighted by molar-refractivity contribution is 0.620. The first kappa shape index (κ1) is 24.5. The third kappa shape index (κ3) is 3.96. The zero-order chi connectivity index (χ0) is 29.0. The van der Waals surface area contributed by atoms with Gasteiger partial charge in [0.2, 0.25) is 5.89 Å². The van der Waals surface area contributed by atoms with E-state index < -0.39 is 0 Å². The van der Waals surface area contributed by atoms with Gasteiger partial charge in [0, 0.05) is 33.0 Å². The van der Waals surface area contributed by atoms with E-state index in [0.717, 1.165) is 49.4 Å². The second-order valence-electron chi connectivity index (χ2n) is 10.7. The fourth-order valence-electron chi connectivity index (χ4n) is 5.82. The maximum atomic E-state index is 6.46. The molecule has 6 nitrogen and oxygen atoms in total. The quantitative estimate of drug-likeness (QED) is 0.211. The van der Waals surface area contributed by atoms with E-state index in [-0.39, 0.29) is 0 Å². The highest BCUT2D eigenvalue weighted by Gasteiger charge is 2.19. The summed E-state index contributed by atoms with van der Waals surface area (Å²) in [5.41, 5.74) is 6.60. The number of aromatic nitrogens is 4. The number of nitrogens with zero attached hydrogens (tertiary/aromatic N) is 4. The van der Waals surface area contributed by atoms with Crippen LogP contribution in [0.3, 0.4) is 0 Å². The molecule has 0 saturated carbocycles. The predicted molar refractivity (Wildman–Crippen MR) is 174 cm³/mol. The van der Waals surface area contributed by atoms with E-state index >= 15 is 0 Å². The number of benzene rings is 6. The SMILES string of the molecule is c1ccc(-c2nc(-c3ccccc3)nc(-c3cccc4cc5oc6c(ccc7oc(-c8ccccc8)nc76)c5cc34)n2)cc1. The number of furan rings is 1. The fourth-order valence-corrected chi connectivity index (χ4v) is 5.82. The van der Waals surface area contributed by atoms with E-state index in [2.05, 4.69) is 24.3 Å². The molecular weight excluding hydrogens is 544 g/mol. The van der Waals surface area contributed by atoms with E-state index in [1.165, 1.54) is 0 Å². The van der Waals surface area contributed by atoms with Gasteiger partial charge < -0.3 is 8.83 Å². The minimum Gasteiger partial charge on any atom is -0.454 e. The molecule has 9 aromatic rings. The summed E-state index contributed by atoms with van der Waals surface area (Å²) in [5, 5.41) is 4.02. The Morgan fingerprint density at radius 3 is 1.73 bits per heavy atom. The molecular formula is C38H22N4O2. The minimum absolute atomic E-state index is 0.569. The van der Waals surface area contributed by atoms with Gasteiger partial charge in [0.05, 0.1) is 0 Å². The van der Waals surface area contributed by atoms with Crippen molar-refractivity contribution in [2.24, 2.45) is 0 Å². The topological polar surface area (TPSA) is 77.8 Å². The predicted octanol–water partition coefficient (Wildman–Crippen LogP) is 9.73. The monoisotopic (exact) mass is 566 g/mol. The van der Waals surface area contributed by atoms with Crippen LogP contribution in [0.25, 0.3) is 89.4 Å². The van der Waals surface area contributed by atoms with Crippen LogP contribution in [0.2, 0.25) is 0 Å². The van der Waals surface area contributed by atoms with Crippen LogP contribution >= 0.6 is 0 Å². The molecule has 0 aliphatic carbocycles. The van der Waals surface area contributed by atoms with Crippen molar-refractivity contribution in [3.63, 3.8) is 0 Å². The molecule has 44 heavy (non-hydrogen) atoms. The Morgan fingerprint density at radius 1 is 0.409 bits per heavy atom. The number of hydrogen-bond acceptors (Lipinski definition) is 6. The smallest absolute Gasteiger partial charge is 0.227 e. The molecule has 0 aliphatic rings. The minimum atomic E-state index is 0.569. The molecule has 0 atom stereocenters. The van der Waals surface area contributed by atoms with Gasteiger partial charge in [-0.3, -0.25) is 0 Å². The van der Waals surface area contributed by atoms with Crippen LogP contribution in [0, 0.1) is 0 Å². The number of hydrogen-bond donors (Lipinski definition) is 0. The van der Waals surface area contributed by atoms with Crippen molar-refractivity contribution in [3.8, 4) is 45.6 Å². The van der Waals surface area contributed by atoms with Crippen LogP contribution in [-0.2, 0) is 0 Å². The Hall–Kier alpha value is -6.14. The first-order valence-electron chi connectivity index (χ1n) is 14.4. The molecule has 206 valence electrons. The summed E-state index contributed by atoms with van der Waals surface area (Å²) >= 11 is 0. The summed E-state index contributed by atoms with van der Waals surface area (Å²) in [5.74, 6) is 2.44. The van der Waals surface area contributed by atoms with Crippen molar-refractivity contribution in [1.29, 1.82) is 0 Å². The second kappa shape index (κ2) is 9.71. The summed E-state index contributed by atoms with van der Waals surface area (Å²) in [6.07, 6.45) is 0. The van der Waals surface area contributed by atoms with Crippen LogP contribution in [0.15, 0.2) is 142 Å².